The number of imidazole rings is 1. The summed E-state index contributed by atoms with van der Waals surface area (Å²) in [4.78, 5) is 13.3. The molecule has 0 saturated carbocycles. The fourth-order valence-electron chi connectivity index (χ4n) is 2.94. The summed E-state index contributed by atoms with van der Waals surface area (Å²) in [6.45, 7) is 0.862. The standard InChI is InChI=1S/C19H15N5O2/c1-2-4-15-14(3-1)22-11-24(15)18-7-8-20-19(23-18)21-10-13-5-6-16-17(9-13)26-12-25-16/h1-9,11H,10,12H2,(H,20,21,23). The Morgan fingerprint density at radius 3 is 2.92 bits per heavy atom. The first kappa shape index (κ1) is 14.7. The van der Waals surface area contributed by atoms with Crippen LogP contribution < -0.4 is 14.8 Å². The third kappa shape index (κ3) is 2.59. The number of fused-ring (bicyclic) bond motifs is 2. The average molecular weight is 345 g/mol. The number of para-hydroxylation sites is 2. The monoisotopic (exact) mass is 345 g/mol. The van der Waals surface area contributed by atoms with Crippen molar-refractivity contribution >= 4 is 17.0 Å². The Morgan fingerprint density at radius 1 is 1.00 bits per heavy atom. The SMILES string of the molecule is c1ccc2c(c1)ncn2-c1ccnc(NCc2ccc3c(c2)OCO3)n1. The molecule has 0 saturated heterocycles. The van der Waals surface area contributed by atoms with E-state index < -0.39 is 0 Å². The van der Waals surface area contributed by atoms with Crippen LogP contribution in [-0.2, 0) is 6.54 Å². The molecule has 0 aliphatic carbocycles. The molecule has 2 aromatic heterocycles. The summed E-state index contributed by atoms with van der Waals surface area (Å²) in [6.07, 6.45) is 3.51. The van der Waals surface area contributed by atoms with Gasteiger partial charge in [0, 0.05) is 12.7 Å². The Labute approximate surface area is 149 Å². The molecule has 1 aliphatic heterocycles. The fourth-order valence-corrected chi connectivity index (χ4v) is 2.94. The first-order valence-electron chi connectivity index (χ1n) is 8.25. The highest BCUT2D eigenvalue weighted by Crippen LogP contribution is 2.32. The molecular formula is C19H15N5O2. The van der Waals surface area contributed by atoms with Crippen LogP contribution in [0.4, 0.5) is 5.95 Å². The molecule has 0 fully saturated rings. The van der Waals surface area contributed by atoms with Crippen LogP contribution in [0.15, 0.2) is 61.1 Å². The minimum atomic E-state index is 0.274. The van der Waals surface area contributed by atoms with Crippen LogP contribution >= 0.6 is 0 Å². The molecular weight excluding hydrogens is 330 g/mol. The van der Waals surface area contributed by atoms with Crippen LogP contribution in [0.2, 0.25) is 0 Å². The summed E-state index contributed by atoms with van der Waals surface area (Å²) < 4.78 is 12.7. The maximum absolute atomic E-state index is 5.41. The molecule has 0 bridgehead atoms. The van der Waals surface area contributed by atoms with Gasteiger partial charge in [-0.15, -0.1) is 0 Å². The van der Waals surface area contributed by atoms with Crippen molar-refractivity contribution in [3.8, 4) is 17.3 Å². The summed E-state index contributed by atoms with van der Waals surface area (Å²) in [5.74, 6) is 2.86. The summed E-state index contributed by atoms with van der Waals surface area (Å²) in [5, 5.41) is 3.25. The lowest BCUT2D eigenvalue weighted by molar-refractivity contribution is 0.174. The van der Waals surface area contributed by atoms with Crippen LogP contribution in [0.3, 0.4) is 0 Å². The van der Waals surface area contributed by atoms with Crippen LogP contribution in [-0.4, -0.2) is 26.3 Å². The van der Waals surface area contributed by atoms with E-state index >= 15 is 0 Å². The topological polar surface area (TPSA) is 74.1 Å². The van der Waals surface area contributed by atoms with Gasteiger partial charge in [-0.05, 0) is 35.9 Å². The molecule has 0 unspecified atom stereocenters. The van der Waals surface area contributed by atoms with Gasteiger partial charge in [0.25, 0.3) is 0 Å². The number of hydrogen-bond donors (Lipinski definition) is 1. The molecule has 0 amide bonds. The first-order chi connectivity index (χ1) is 12.9. The van der Waals surface area contributed by atoms with Crippen LogP contribution in [0, 0.1) is 0 Å². The Balaban J connectivity index is 1.38. The summed E-state index contributed by atoms with van der Waals surface area (Å²) in [5.41, 5.74) is 3.00. The van der Waals surface area contributed by atoms with Crippen molar-refractivity contribution in [1.82, 2.24) is 19.5 Å². The van der Waals surface area contributed by atoms with E-state index in [0.717, 1.165) is 33.9 Å². The van der Waals surface area contributed by atoms with Crippen LogP contribution in [0.5, 0.6) is 11.5 Å². The molecule has 4 aromatic rings. The van der Waals surface area contributed by atoms with Gasteiger partial charge in [0.15, 0.2) is 11.5 Å². The second kappa shape index (κ2) is 6.03. The molecule has 0 spiro atoms. The van der Waals surface area contributed by atoms with E-state index in [4.69, 9.17) is 9.47 Å². The zero-order valence-corrected chi connectivity index (χ0v) is 13.8. The highest BCUT2D eigenvalue weighted by molar-refractivity contribution is 5.76. The minimum Gasteiger partial charge on any atom is -0.454 e. The third-order valence-electron chi connectivity index (χ3n) is 4.23. The molecule has 3 heterocycles. The Kier molecular flexibility index (Phi) is 3.41. The number of nitrogens with one attached hydrogen (secondary N) is 1. The lowest BCUT2D eigenvalue weighted by Crippen LogP contribution is -2.06. The van der Waals surface area contributed by atoms with Crippen molar-refractivity contribution in [1.29, 1.82) is 0 Å². The summed E-state index contributed by atoms with van der Waals surface area (Å²) in [6, 6.07) is 15.7. The fraction of sp³-hybridized carbons (Fsp3) is 0.105. The summed E-state index contributed by atoms with van der Waals surface area (Å²) in [7, 11) is 0. The largest absolute Gasteiger partial charge is 0.454 e. The quantitative estimate of drug-likeness (QED) is 0.612. The highest BCUT2D eigenvalue weighted by atomic mass is 16.7. The predicted octanol–water partition coefficient (Wildman–Crippen LogP) is 3.16. The van der Waals surface area contributed by atoms with Gasteiger partial charge in [0.05, 0.1) is 11.0 Å². The Morgan fingerprint density at radius 2 is 1.92 bits per heavy atom. The molecule has 128 valence electrons. The van der Waals surface area contributed by atoms with E-state index in [1.807, 2.05) is 53.1 Å². The first-order valence-corrected chi connectivity index (χ1v) is 8.25. The molecule has 1 N–H and O–H groups in total. The average Bonchev–Trinajstić information content (AvgIpc) is 3.33. The predicted molar refractivity (Wildman–Crippen MR) is 96.6 cm³/mol. The summed E-state index contributed by atoms with van der Waals surface area (Å²) >= 11 is 0. The lowest BCUT2D eigenvalue weighted by Gasteiger charge is -2.08. The van der Waals surface area contributed by atoms with Gasteiger partial charge in [0.1, 0.15) is 12.1 Å². The molecule has 7 heteroatoms. The number of aromatic nitrogens is 4. The van der Waals surface area contributed by atoms with Crippen molar-refractivity contribution in [3.05, 3.63) is 66.6 Å². The number of anilines is 1. The third-order valence-corrected chi connectivity index (χ3v) is 4.23. The van der Waals surface area contributed by atoms with Crippen LogP contribution in [0.1, 0.15) is 5.56 Å². The number of rotatable bonds is 4. The number of benzene rings is 2. The van der Waals surface area contributed by atoms with Gasteiger partial charge in [-0.1, -0.05) is 18.2 Å². The molecule has 0 radical (unpaired) electrons. The number of hydrogen-bond acceptors (Lipinski definition) is 6. The van der Waals surface area contributed by atoms with Crippen molar-refractivity contribution in [3.63, 3.8) is 0 Å². The van der Waals surface area contributed by atoms with E-state index in [9.17, 15) is 0 Å². The van der Waals surface area contributed by atoms with Gasteiger partial charge in [-0.25, -0.2) is 9.97 Å². The van der Waals surface area contributed by atoms with Crippen molar-refractivity contribution in [2.24, 2.45) is 0 Å². The van der Waals surface area contributed by atoms with Crippen molar-refractivity contribution < 1.29 is 9.47 Å². The Hall–Kier alpha value is -3.61. The van der Waals surface area contributed by atoms with Gasteiger partial charge < -0.3 is 14.8 Å². The maximum Gasteiger partial charge on any atom is 0.231 e. The van der Waals surface area contributed by atoms with Gasteiger partial charge in [-0.2, -0.15) is 4.98 Å². The van der Waals surface area contributed by atoms with Gasteiger partial charge in [0.2, 0.25) is 12.7 Å². The zero-order valence-electron chi connectivity index (χ0n) is 13.8. The van der Waals surface area contributed by atoms with Crippen LogP contribution in [0.25, 0.3) is 16.9 Å². The van der Waals surface area contributed by atoms with Gasteiger partial charge >= 0.3 is 0 Å². The molecule has 2 aromatic carbocycles. The van der Waals surface area contributed by atoms with Crippen molar-refractivity contribution in [2.45, 2.75) is 6.54 Å². The smallest absolute Gasteiger partial charge is 0.231 e. The van der Waals surface area contributed by atoms with E-state index in [1.165, 1.54) is 0 Å². The Bertz CT molecular complexity index is 1090. The molecule has 26 heavy (non-hydrogen) atoms. The molecule has 0 atom stereocenters. The lowest BCUT2D eigenvalue weighted by atomic mass is 10.2. The van der Waals surface area contributed by atoms with E-state index in [1.54, 1.807) is 12.5 Å². The molecule has 7 nitrogen and oxygen atoms in total. The highest BCUT2D eigenvalue weighted by Gasteiger charge is 2.13. The number of ether oxygens (including phenoxy) is 2. The second-order valence-electron chi connectivity index (χ2n) is 5.88. The van der Waals surface area contributed by atoms with E-state index in [-0.39, 0.29) is 6.79 Å². The van der Waals surface area contributed by atoms with Gasteiger partial charge in [-0.3, -0.25) is 4.57 Å². The zero-order chi connectivity index (χ0) is 17.3. The van der Waals surface area contributed by atoms with E-state index in [2.05, 4.69) is 20.3 Å². The van der Waals surface area contributed by atoms with Crippen molar-refractivity contribution in [2.75, 3.05) is 12.1 Å². The number of nitrogens with zero attached hydrogens (tertiary/aromatic N) is 4. The molecule has 5 rings (SSSR count). The normalized spacial score (nSPS) is 12.5. The minimum absolute atomic E-state index is 0.274. The van der Waals surface area contributed by atoms with E-state index in [0.29, 0.717) is 12.5 Å². The second-order valence-corrected chi connectivity index (χ2v) is 5.88. The molecule has 1 aliphatic rings. The maximum atomic E-state index is 5.41.